The lowest BCUT2D eigenvalue weighted by Gasteiger charge is -2.47. The molecule has 1 aromatic rings. The number of likely N-dealkylation sites (tertiary alicyclic amines) is 1. The average molecular weight is 376 g/mol. The summed E-state index contributed by atoms with van der Waals surface area (Å²) < 4.78 is 11.9. The SMILES string of the molecule is Cc1ccc(CC(=O)N2CC3(CC(OCC4CCOCC4)CS3)C2)cc1. The van der Waals surface area contributed by atoms with E-state index in [4.69, 9.17) is 9.47 Å². The lowest BCUT2D eigenvalue weighted by molar-refractivity contribution is -0.136. The number of hydrogen-bond acceptors (Lipinski definition) is 4. The molecule has 3 saturated heterocycles. The van der Waals surface area contributed by atoms with Crippen molar-refractivity contribution in [3.05, 3.63) is 35.4 Å². The maximum atomic E-state index is 12.5. The van der Waals surface area contributed by atoms with Gasteiger partial charge < -0.3 is 14.4 Å². The summed E-state index contributed by atoms with van der Waals surface area (Å²) in [5.41, 5.74) is 2.34. The number of nitrogens with zero attached hydrogens (tertiary/aromatic N) is 1. The Bertz CT molecular complexity index is 621. The van der Waals surface area contributed by atoms with Crippen LogP contribution in [0, 0.1) is 12.8 Å². The number of carbonyl (C=O) groups is 1. The summed E-state index contributed by atoms with van der Waals surface area (Å²) in [4.78, 5) is 14.5. The fourth-order valence-electron chi connectivity index (χ4n) is 4.13. The number of thioether (sulfide) groups is 1. The van der Waals surface area contributed by atoms with Gasteiger partial charge in [0, 0.05) is 38.7 Å². The van der Waals surface area contributed by atoms with Crippen LogP contribution in [0.3, 0.4) is 0 Å². The summed E-state index contributed by atoms with van der Waals surface area (Å²) in [6.07, 6.45) is 4.23. The lowest BCUT2D eigenvalue weighted by atomic mass is 9.92. The molecule has 26 heavy (non-hydrogen) atoms. The van der Waals surface area contributed by atoms with Gasteiger partial charge in [0.2, 0.25) is 5.91 Å². The quantitative estimate of drug-likeness (QED) is 0.793. The first-order valence-electron chi connectivity index (χ1n) is 9.79. The average Bonchev–Trinajstić information content (AvgIpc) is 3.06. The molecule has 1 aromatic carbocycles. The second kappa shape index (κ2) is 7.91. The number of aryl methyl sites for hydroxylation is 1. The second-order valence-electron chi connectivity index (χ2n) is 8.12. The van der Waals surface area contributed by atoms with E-state index in [9.17, 15) is 4.79 Å². The topological polar surface area (TPSA) is 38.8 Å². The van der Waals surface area contributed by atoms with Crippen molar-refractivity contribution in [2.24, 2.45) is 5.92 Å². The van der Waals surface area contributed by atoms with Crippen LogP contribution in [0.4, 0.5) is 0 Å². The smallest absolute Gasteiger partial charge is 0.227 e. The molecule has 3 fully saturated rings. The van der Waals surface area contributed by atoms with Gasteiger partial charge in [-0.1, -0.05) is 29.8 Å². The zero-order valence-electron chi connectivity index (χ0n) is 15.6. The van der Waals surface area contributed by atoms with Crippen LogP contribution in [-0.2, 0) is 20.7 Å². The Labute approximate surface area is 160 Å². The van der Waals surface area contributed by atoms with Gasteiger partial charge in [0.1, 0.15) is 0 Å². The molecule has 0 N–H and O–H groups in total. The van der Waals surface area contributed by atoms with E-state index < -0.39 is 0 Å². The Morgan fingerprint density at radius 1 is 1.27 bits per heavy atom. The summed E-state index contributed by atoms with van der Waals surface area (Å²) in [7, 11) is 0. The molecule has 0 aromatic heterocycles. The molecule has 4 rings (SSSR count). The van der Waals surface area contributed by atoms with E-state index in [0.29, 0.717) is 18.4 Å². The third-order valence-electron chi connectivity index (χ3n) is 5.87. The van der Waals surface area contributed by atoms with Crippen molar-refractivity contribution in [1.29, 1.82) is 0 Å². The van der Waals surface area contributed by atoms with Gasteiger partial charge in [-0.25, -0.2) is 0 Å². The van der Waals surface area contributed by atoms with Gasteiger partial charge in [-0.15, -0.1) is 11.8 Å². The molecule has 3 aliphatic rings. The highest BCUT2D eigenvalue weighted by atomic mass is 32.2. The van der Waals surface area contributed by atoms with E-state index in [1.165, 1.54) is 5.56 Å². The van der Waals surface area contributed by atoms with Crippen LogP contribution in [0.25, 0.3) is 0 Å². The van der Waals surface area contributed by atoms with Crippen LogP contribution in [0.2, 0.25) is 0 Å². The minimum absolute atomic E-state index is 0.253. The van der Waals surface area contributed by atoms with Crippen LogP contribution in [0.5, 0.6) is 0 Å². The molecule has 0 bridgehead atoms. The molecule has 5 heteroatoms. The van der Waals surface area contributed by atoms with Crippen molar-refractivity contribution in [2.45, 2.75) is 43.5 Å². The number of hydrogen-bond donors (Lipinski definition) is 0. The second-order valence-corrected chi connectivity index (χ2v) is 9.61. The summed E-state index contributed by atoms with van der Waals surface area (Å²) in [6, 6.07) is 8.28. The van der Waals surface area contributed by atoms with Crippen molar-refractivity contribution < 1.29 is 14.3 Å². The number of ether oxygens (including phenoxy) is 2. The lowest BCUT2D eigenvalue weighted by Crippen LogP contribution is -2.61. The van der Waals surface area contributed by atoms with Gasteiger partial charge in [-0.05, 0) is 37.7 Å². The fraction of sp³-hybridized carbons (Fsp3) is 0.667. The Hall–Kier alpha value is -1.04. The summed E-state index contributed by atoms with van der Waals surface area (Å²) >= 11 is 2.01. The van der Waals surface area contributed by atoms with Gasteiger partial charge in [0.15, 0.2) is 0 Å². The van der Waals surface area contributed by atoms with Crippen molar-refractivity contribution in [3.8, 4) is 0 Å². The van der Waals surface area contributed by atoms with Crippen molar-refractivity contribution in [1.82, 2.24) is 4.90 Å². The summed E-state index contributed by atoms with van der Waals surface area (Å²) in [5, 5.41) is 0. The predicted octanol–water partition coefficient (Wildman–Crippen LogP) is 3.07. The molecule has 4 nitrogen and oxygen atoms in total. The van der Waals surface area contributed by atoms with Crippen molar-refractivity contribution >= 4 is 17.7 Å². The van der Waals surface area contributed by atoms with Crippen LogP contribution in [0.1, 0.15) is 30.4 Å². The Morgan fingerprint density at radius 2 is 2.00 bits per heavy atom. The minimum Gasteiger partial charge on any atom is -0.381 e. The van der Waals surface area contributed by atoms with E-state index >= 15 is 0 Å². The third-order valence-corrected chi connectivity index (χ3v) is 7.45. The van der Waals surface area contributed by atoms with Gasteiger partial charge in [0.25, 0.3) is 0 Å². The Kier molecular flexibility index (Phi) is 5.58. The molecule has 1 unspecified atom stereocenters. The fourth-order valence-corrected chi connectivity index (χ4v) is 5.68. The first kappa shape index (κ1) is 18.3. The van der Waals surface area contributed by atoms with Gasteiger partial charge in [-0.2, -0.15) is 0 Å². The zero-order chi connectivity index (χ0) is 18.0. The summed E-state index contributed by atoms with van der Waals surface area (Å²) in [5.74, 6) is 1.99. The predicted molar refractivity (Wildman–Crippen MR) is 105 cm³/mol. The highest BCUT2D eigenvalue weighted by molar-refractivity contribution is 8.01. The normalized spacial score (nSPS) is 25.4. The highest BCUT2D eigenvalue weighted by Gasteiger charge is 2.50. The first-order valence-corrected chi connectivity index (χ1v) is 10.8. The monoisotopic (exact) mass is 375 g/mol. The molecule has 3 heterocycles. The molecule has 0 saturated carbocycles. The highest BCUT2D eigenvalue weighted by Crippen LogP contribution is 2.46. The van der Waals surface area contributed by atoms with Gasteiger partial charge >= 0.3 is 0 Å². The van der Waals surface area contributed by atoms with E-state index in [2.05, 4.69) is 31.2 Å². The molecular formula is C21H29NO3S. The molecule has 1 amide bonds. The minimum atomic E-state index is 0.253. The largest absolute Gasteiger partial charge is 0.381 e. The van der Waals surface area contributed by atoms with Crippen LogP contribution in [0.15, 0.2) is 24.3 Å². The number of rotatable bonds is 5. The number of carbonyl (C=O) groups excluding carboxylic acids is 1. The van der Waals surface area contributed by atoms with E-state index in [-0.39, 0.29) is 10.7 Å². The van der Waals surface area contributed by atoms with E-state index in [1.807, 2.05) is 16.7 Å². The maximum Gasteiger partial charge on any atom is 0.227 e. The number of benzene rings is 1. The van der Waals surface area contributed by atoms with Gasteiger partial charge in [-0.3, -0.25) is 4.79 Å². The van der Waals surface area contributed by atoms with Crippen molar-refractivity contribution in [3.63, 3.8) is 0 Å². The third kappa shape index (κ3) is 4.26. The molecule has 142 valence electrons. The molecular weight excluding hydrogens is 346 g/mol. The molecule has 0 aliphatic carbocycles. The molecule has 1 atom stereocenters. The van der Waals surface area contributed by atoms with Crippen LogP contribution >= 0.6 is 11.8 Å². The Balaban J connectivity index is 1.20. The van der Waals surface area contributed by atoms with E-state index in [1.54, 1.807) is 0 Å². The molecule has 1 spiro atoms. The Morgan fingerprint density at radius 3 is 2.73 bits per heavy atom. The van der Waals surface area contributed by atoms with E-state index in [0.717, 1.165) is 63.5 Å². The van der Waals surface area contributed by atoms with Gasteiger partial charge in [0.05, 0.1) is 17.3 Å². The van der Waals surface area contributed by atoms with Crippen LogP contribution in [-0.4, -0.2) is 60.3 Å². The molecule has 3 aliphatic heterocycles. The standard InChI is InChI=1S/C21H29NO3S/c1-16-2-4-17(5-3-16)10-20(23)22-14-21(15-22)11-19(13-26-21)25-12-18-6-8-24-9-7-18/h2-5,18-19H,6-15H2,1H3. The zero-order valence-corrected chi connectivity index (χ0v) is 16.4. The maximum absolute atomic E-state index is 12.5. The van der Waals surface area contributed by atoms with Crippen molar-refractivity contribution in [2.75, 3.05) is 38.7 Å². The summed E-state index contributed by atoms with van der Waals surface area (Å²) in [6.45, 7) is 6.49. The molecule has 0 radical (unpaired) electrons. The van der Waals surface area contributed by atoms with Crippen LogP contribution < -0.4 is 0 Å². The first-order chi connectivity index (χ1) is 12.6. The number of amides is 1.